The predicted octanol–water partition coefficient (Wildman–Crippen LogP) is 8.44. The first kappa shape index (κ1) is 20.0. The lowest BCUT2D eigenvalue weighted by Gasteiger charge is -2.34. The van der Waals surface area contributed by atoms with Crippen LogP contribution in [0.1, 0.15) is 44.5 Å². The highest BCUT2D eigenvalue weighted by Crippen LogP contribution is 2.57. The van der Waals surface area contributed by atoms with E-state index >= 15 is 0 Å². The van der Waals surface area contributed by atoms with E-state index in [1.54, 1.807) is 0 Å². The molecule has 0 aliphatic heterocycles. The molecule has 0 nitrogen and oxygen atoms in total. The Morgan fingerprint density at radius 2 is 0.909 bits per heavy atom. The Kier molecular flexibility index (Phi) is 4.35. The van der Waals surface area contributed by atoms with Crippen LogP contribution in [0.4, 0.5) is 0 Å². The van der Waals surface area contributed by atoms with Crippen LogP contribution in [0.15, 0.2) is 97.1 Å². The SMILES string of the molecule is Cc1ccc(C2(c3ccc(C)cc3)c3cc(C)ccc3-c3cc4ccc(C)cc4cc32)cc1. The van der Waals surface area contributed by atoms with Crippen LogP contribution in [0.3, 0.4) is 0 Å². The van der Waals surface area contributed by atoms with Gasteiger partial charge in [-0.15, -0.1) is 0 Å². The van der Waals surface area contributed by atoms with E-state index < -0.39 is 0 Å². The molecule has 0 atom stereocenters. The third-order valence-electron chi connectivity index (χ3n) is 7.37. The molecule has 0 bridgehead atoms. The van der Waals surface area contributed by atoms with Gasteiger partial charge in [-0.25, -0.2) is 0 Å². The molecule has 1 aliphatic carbocycles. The highest BCUT2D eigenvalue weighted by molar-refractivity contribution is 5.96. The zero-order chi connectivity index (χ0) is 22.7. The number of benzene rings is 5. The molecule has 6 rings (SSSR count). The normalized spacial score (nSPS) is 13.7. The molecule has 0 heterocycles. The molecule has 0 N–H and O–H groups in total. The predicted molar refractivity (Wildman–Crippen MR) is 140 cm³/mol. The Balaban J connectivity index is 1.81. The Bertz CT molecular complexity index is 1470. The van der Waals surface area contributed by atoms with Crippen LogP contribution in [0.5, 0.6) is 0 Å². The van der Waals surface area contributed by atoms with Crippen LogP contribution < -0.4 is 0 Å². The van der Waals surface area contributed by atoms with Gasteiger partial charge in [-0.3, -0.25) is 0 Å². The van der Waals surface area contributed by atoms with Gasteiger partial charge in [0.1, 0.15) is 0 Å². The summed E-state index contributed by atoms with van der Waals surface area (Å²) in [7, 11) is 0. The van der Waals surface area contributed by atoms with Gasteiger partial charge < -0.3 is 0 Å². The molecule has 0 amide bonds. The third kappa shape index (κ3) is 2.91. The summed E-state index contributed by atoms with van der Waals surface area (Å²) < 4.78 is 0. The summed E-state index contributed by atoms with van der Waals surface area (Å²) in [4.78, 5) is 0. The molecule has 1 aliphatic rings. The van der Waals surface area contributed by atoms with Gasteiger partial charge in [0, 0.05) is 0 Å². The first-order valence-electron chi connectivity index (χ1n) is 11.8. The van der Waals surface area contributed by atoms with E-state index in [4.69, 9.17) is 0 Å². The van der Waals surface area contributed by atoms with Crippen molar-refractivity contribution < 1.29 is 0 Å². The summed E-state index contributed by atoms with van der Waals surface area (Å²) in [5.41, 5.74) is 13.0. The Labute approximate surface area is 196 Å². The van der Waals surface area contributed by atoms with Crippen molar-refractivity contribution in [2.75, 3.05) is 0 Å². The minimum Gasteiger partial charge on any atom is -0.0590 e. The largest absolute Gasteiger partial charge is 0.0713 e. The molecular formula is C33H28. The number of fused-ring (bicyclic) bond motifs is 4. The van der Waals surface area contributed by atoms with Crippen molar-refractivity contribution >= 4 is 10.8 Å². The first-order valence-corrected chi connectivity index (χ1v) is 11.8. The average Bonchev–Trinajstić information content (AvgIpc) is 3.08. The minimum atomic E-state index is -0.337. The lowest BCUT2D eigenvalue weighted by molar-refractivity contribution is 0.767. The van der Waals surface area contributed by atoms with Gasteiger partial charge in [0.2, 0.25) is 0 Å². The van der Waals surface area contributed by atoms with Crippen molar-refractivity contribution in [3.05, 3.63) is 142 Å². The summed E-state index contributed by atoms with van der Waals surface area (Å²) in [6.07, 6.45) is 0. The summed E-state index contributed by atoms with van der Waals surface area (Å²) >= 11 is 0. The quantitative estimate of drug-likeness (QED) is 0.262. The van der Waals surface area contributed by atoms with E-state index in [9.17, 15) is 0 Å². The molecule has 5 aromatic rings. The zero-order valence-electron chi connectivity index (χ0n) is 19.7. The van der Waals surface area contributed by atoms with E-state index in [1.807, 2.05) is 0 Å². The molecule has 0 aromatic heterocycles. The monoisotopic (exact) mass is 424 g/mol. The maximum absolute atomic E-state index is 2.45. The average molecular weight is 425 g/mol. The summed E-state index contributed by atoms with van der Waals surface area (Å²) in [6.45, 7) is 8.72. The van der Waals surface area contributed by atoms with E-state index in [0.29, 0.717) is 0 Å². The number of hydrogen-bond donors (Lipinski definition) is 0. The molecule has 0 saturated carbocycles. The lowest BCUT2D eigenvalue weighted by Crippen LogP contribution is -2.28. The van der Waals surface area contributed by atoms with Gasteiger partial charge in [-0.1, -0.05) is 107 Å². The summed E-state index contributed by atoms with van der Waals surface area (Å²) in [6, 6.07) is 37.0. The molecule has 5 aromatic carbocycles. The van der Waals surface area contributed by atoms with Gasteiger partial charge in [-0.05, 0) is 84.0 Å². The Morgan fingerprint density at radius 1 is 0.394 bits per heavy atom. The van der Waals surface area contributed by atoms with Crippen molar-refractivity contribution in [1.29, 1.82) is 0 Å². The Morgan fingerprint density at radius 3 is 1.55 bits per heavy atom. The molecule has 0 radical (unpaired) electrons. The van der Waals surface area contributed by atoms with Crippen LogP contribution in [-0.2, 0) is 5.41 Å². The highest BCUT2D eigenvalue weighted by atomic mass is 14.5. The second-order valence-electron chi connectivity index (χ2n) is 9.78. The van der Waals surface area contributed by atoms with E-state index in [2.05, 4.69) is 125 Å². The molecule has 160 valence electrons. The fourth-order valence-corrected chi connectivity index (χ4v) is 5.69. The van der Waals surface area contributed by atoms with Gasteiger partial charge >= 0.3 is 0 Å². The van der Waals surface area contributed by atoms with Gasteiger partial charge in [-0.2, -0.15) is 0 Å². The number of aryl methyl sites for hydroxylation is 4. The van der Waals surface area contributed by atoms with E-state index in [-0.39, 0.29) is 5.41 Å². The minimum absolute atomic E-state index is 0.337. The summed E-state index contributed by atoms with van der Waals surface area (Å²) in [5.74, 6) is 0. The van der Waals surface area contributed by atoms with Crippen molar-refractivity contribution in [1.82, 2.24) is 0 Å². The van der Waals surface area contributed by atoms with Gasteiger partial charge in [0.05, 0.1) is 5.41 Å². The molecule has 33 heavy (non-hydrogen) atoms. The first-order chi connectivity index (χ1) is 16.0. The van der Waals surface area contributed by atoms with Gasteiger partial charge in [0.25, 0.3) is 0 Å². The fourth-order valence-electron chi connectivity index (χ4n) is 5.69. The third-order valence-corrected chi connectivity index (χ3v) is 7.37. The van der Waals surface area contributed by atoms with Crippen molar-refractivity contribution in [2.24, 2.45) is 0 Å². The molecular weight excluding hydrogens is 396 g/mol. The Hall–Kier alpha value is -3.64. The highest BCUT2D eigenvalue weighted by Gasteiger charge is 2.46. The van der Waals surface area contributed by atoms with Crippen molar-refractivity contribution in [2.45, 2.75) is 33.1 Å². The van der Waals surface area contributed by atoms with Crippen LogP contribution in [-0.4, -0.2) is 0 Å². The molecule has 0 unspecified atom stereocenters. The maximum atomic E-state index is 2.45. The molecule has 0 saturated heterocycles. The zero-order valence-corrected chi connectivity index (χ0v) is 19.7. The van der Waals surface area contributed by atoms with E-state index in [1.165, 1.54) is 66.4 Å². The second-order valence-corrected chi connectivity index (χ2v) is 9.78. The lowest BCUT2D eigenvalue weighted by atomic mass is 9.67. The maximum Gasteiger partial charge on any atom is 0.0713 e. The molecule has 0 heteroatoms. The summed E-state index contributed by atoms with van der Waals surface area (Å²) in [5, 5.41) is 2.61. The molecule has 0 fully saturated rings. The second kappa shape index (κ2) is 7.18. The van der Waals surface area contributed by atoms with Crippen LogP contribution in [0.2, 0.25) is 0 Å². The van der Waals surface area contributed by atoms with E-state index in [0.717, 1.165) is 0 Å². The number of rotatable bonds is 2. The fraction of sp³-hybridized carbons (Fsp3) is 0.152. The number of hydrogen-bond acceptors (Lipinski definition) is 0. The van der Waals surface area contributed by atoms with Crippen LogP contribution in [0, 0.1) is 27.7 Å². The van der Waals surface area contributed by atoms with Crippen LogP contribution in [0.25, 0.3) is 21.9 Å². The molecule has 0 spiro atoms. The van der Waals surface area contributed by atoms with Gasteiger partial charge in [0.15, 0.2) is 0 Å². The van der Waals surface area contributed by atoms with Crippen molar-refractivity contribution in [3.63, 3.8) is 0 Å². The smallest absolute Gasteiger partial charge is 0.0590 e. The van der Waals surface area contributed by atoms with Crippen LogP contribution >= 0.6 is 0 Å². The standard InChI is InChI=1S/C33H28/c1-21-6-12-27(13-7-21)33(28-14-8-22(2)9-15-28)31-18-24(4)10-16-29(31)30-19-25-11-5-23(3)17-26(25)20-32(30)33/h5-20H,1-4H3. The van der Waals surface area contributed by atoms with Crippen molar-refractivity contribution in [3.8, 4) is 11.1 Å². The topological polar surface area (TPSA) is 0 Å².